The maximum absolute atomic E-state index is 14.5. The molecule has 0 radical (unpaired) electrons. The number of halogens is 2. The van der Waals surface area contributed by atoms with Gasteiger partial charge in [-0.15, -0.1) is 0 Å². The minimum atomic E-state index is -1.07. The van der Waals surface area contributed by atoms with Gasteiger partial charge >= 0.3 is 5.69 Å². The lowest BCUT2D eigenvalue weighted by Gasteiger charge is -2.10. The van der Waals surface area contributed by atoms with Crippen molar-refractivity contribution in [2.75, 3.05) is 0 Å². The van der Waals surface area contributed by atoms with E-state index in [0.717, 1.165) is 16.7 Å². The monoisotopic (exact) mass is 356 g/mol. The summed E-state index contributed by atoms with van der Waals surface area (Å²) >= 11 is 0. The average molecular weight is 356 g/mol. The normalized spacial score (nSPS) is 11.1. The van der Waals surface area contributed by atoms with Crippen LogP contribution in [0.5, 0.6) is 0 Å². The van der Waals surface area contributed by atoms with Crippen LogP contribution in [-0.2, 0) is 14.1 Å². The van der Waals surface area contributed by atoms with E-state index in [4.69, 9.17) is 0 Å². The first-order valence-electron chi connectivity index (χ1n) is 7.62. The SMILES string of the molecule is CC=CC#Cc1cc(F)c(-n2c(=O)c3nn(C)cc3n(C)c2=O)c(F)c1. The molecule has 3 rings (SSSR count). The van der Waals surface area contributed by atoms with E-state index in [1.54, 1.807) is 20.0 Å². The molecule has 0 unspecified atom stereocenters. The molecule has 0 atom stereocenters. The molecule has 132 valence electrons. The molecule has 0 aliphatic carbocycles. The number of hydrogen-bond acceptors (Lipinski definition) is 3. The summed E-state index contributed by atoms with van der Waals surface area (Å²) in [5.74, 6) is 3.06. The minimum absolute atomic E-state index is 0.0645. The topological polar surface area (TPSA) is 61.8 Å². The molecule has 2 heterocycles. The first kappa shape index (κ1) is 17.4. The fourth-order valence-electron chi connectivity index (χ4n) is 2.58. The van der Waals surface area contributed by atoms with Gasteiger partial charge in [0.15, 0.2) is 17.2 Å². The van der Waals surface area contributed by atoms with E-state index in [1.807, 2.05) is 0 Å². The summed E-state index contributed by atoms with van der Waals surface area (Å²) in [6.45, 7) is 1.76. The Hall–Kier alpha value is -3.47. The molecule has 0 aliphatic rings. The molecule has 6 nitrogen and oxygen atoms in total. The van der Waals surface area contributed by atoms with Crippen molar-refractivity contribution >= 4 is 11.0 Å². The number of aromatic nitrogens is 4. The fourth-order valence-corrected chi connectivity index (χ4v) is 2.58. The predicted octanol–water partition coefficient (Wildman–Crippen LogP) is 1.63. The van der Waals surface area contributed by atoms with Gasteiger partial charge in [0.1, 0.15) is 5.69 Å². The molecule has 8 heteroatoms. The molecular formula is C18H14F2N4O2. The van der Waals surface area contributed by atoms with Crippen molar-refractivity contribution < 1.29 is 8.78 Å². The largest absolute Gasteiger partial charge is 0.336 e. The zero-order valence-corrected chi connectivity index (χ0v) is 14.2. The van der Waals surface area contributed by atoms with E-state index < -0.39 is 28.6 Å². The smallest absolute Gasteiger partial charge is 0.293 e. The lowest BCUT2D eigenvalue weighted by Crippen LogP contribution is -2.38. The van der Waals surface area contributed by atoms with Crippen molar-refractivity contribution in [1.29, 1.82) is 0 Å². The molecule has 2 aromatic heterocycles. The third-order valence-electron chi connectivity index (χ3n) is 3.76. The molecule has 0 aliphatic heterocycles. The summed E-state index contributed by atoms with van der Waals surface area (Å²) < 4.78 is 32.0. The molecule has 26 heavy (non-hydrogen) atoms. The Morgan fingerprint density at radius 2 is 1.81 bits per heavy atom. The summed E-state index contributed by atoms with van der Waals surface area (Å²) in [7, 11) is 2.97. The second kappa shape index (κ2) is 6.44. The Balaban J connectivity index is 2.33. The Labute approximate surface area is 146 Å². The number of benzene rings is 1. The number of fused-ring (bicyclic) bond motifs is 1. The lowest BCUT2D eigenvalue weighted by atomic mass is 10.2. The van der Waals surface area contributed by atoms with Crippen molar-refractivity contribution in [2.24, 2.45) is 14.1 Å². The number of aryl methyl sites for hydroxylation is 2. The van der Waals surface area contributed by atoms with Crippen molar-refractivity contribution in [1.82, 2.24) is 18.9 Å². The van der Waals surface area contributed by atoms with Gasteiger partial charge in [0.2, 0.25) is 0 Å². The van der Waals surface area contributed by atoms with Crippen LogP contribution in [-0.4, -0.2) is 18.9 Å². The van der Waals surface area contributed by atoms with Crippen molar-refractivity contribution in [3.63, 3.8) is 0 Å². The molecule has 0 amide bonds. The molecule has 0 bridgehead atoms. The first-order valence-corrected chi connectivity index (χ1v) is 7.62. The Bertz CT molecular complexity index is 1210. The second-order valence-corrected chi connectivity index (χ2v) is 5.58. The van der Waals surface area contributed by atoms with E-state index >= 15 is 0 Å². The van der Waals surface area contributed by atoms with E-state index in [1.165, 1.54) is 24.0 Å². The minimum Gasteiger partial charge on any atom is -0.293 e. The quantitative estimate of drug-likeness (QED) is 0.623. The van der Waals surface area contributed by atoms with Crippen molar-refractivity contribution in [2.45, 2.75) is 6.92 Å². The highest BCUT2D eigenvalue weighted by Crippen LogP contribution is 2.18. The Kier molecular flexibility index (Phi) is 4.30. The van der Waals surface area contributed by atoms with Gasteiger partial charge in [-0.1, -0.05) is 17.9 Å². The van der Waals surface area contributed by atoms with Crippen LogP contribution in [0.1, 0.15) is 12.5 Å². The predicted molar refractivity (Wildman–Crippen MR) is 93.2 cm³/mol. The summed E-state index contributed by atoms with van der Waals surface area (Å²) in [5.41, 5.74) is -2.22. The van der Waals surface area contributed by atoms with Crippen LogP contribution >= 0.6 is 0 Å². The number of rotatable bonds is 1. The van der Waals surface area contributed by atoms with Gasteiger partial charge in [0.05, 0.1) is 5.52 Å². The highest BCUT2D eigenvalue weighted by molar-refractivity contribution is 5.73. The van der Waals surface area contributed by atoms with Gasteiger partial charge in [0.25, 0.3) is 5.56 Å². The summed E-state index contributed by atoms with van der Waals surface area (Å²) in [6.07, 6.45) is 4.69. The average Bonchev–Trinajstić information content (AvgIpc) is 2.98. The molecule has 1 aromatic carbocycles. The van der Waals surface area contributed by atoms with Gasteiger partial charge in [-0.25, -0.2) is 18.1 Å². The number of nitrogens with zero attached hydrogens (tertiary/aromatic N) is 4. The van der Waals surface area contributed by atoms with Gasteiger partial charge in [-0.3, -0.25) is 14.0 Å². The third-order valence-corrected chi connectivity index (χ3v) is 3.76. The summed E-state index contributed by atoms with van der Waals surface area (Å²) in [6, 6.07) is 1.95. The summed E-state index contributed by atoms with van der Waals surface area (Å²) in [5, 5.41) is 3.98. The van der Waals surface area contributed by atoms with Crippen LogP contribution in [0.15, 0.2) is 40.1 Å². The molecule has 0 saturated carbocycles. The van der Waals surface area contributed by atoms with Crippen molar-refractivity contribution in [3.8, 4) is 17.5 Å². The molecule has 0 N–H and O–H groups in total. The van der Waals surface area contributed by atoms with Crippen molar-refractivity contribution in [3.05, 3.63) is 68.5 Å². The Morgan fingerprint density at radius 3 is 2.42 bits per heavy atom. The summed E-state index contributed by atoms with van der Waals surface area (Å²) in [4.78, 5) is 25.2. The van der Waals surface area contributed by atoms with Gasteiger partial charge in [-0.2, -0.15) is 5.10 Å². The van der Waals surface area contributed by atoms with Gasteiger partial charge in [0, 0.05) is 25.9 Å². The first-order chi connectivity index (χ1) is 12.3. The zero-order chi connectivity index (χ0) is 19.0. The fraction of sp³-hybridized carbons (Fsp3) is 0.167. The zero-order valence-electron chi connectivity index (χ0n) is 14.2. The third kappa shape index (κ3) is 2.73. The van der Waals surface area contributed by atoms with E-state index in [-0.39, 0.29) is 16.6 Å². The van der Waals surface area contributed by atoms with Gasteiger partial charge in [-0.05, 0) is 25.1 Å². The number of hydrogen-bond donors (Lipinski definition) is 0. The van der Waals surface area contributed by atoms with Crippen LogP contribution in [0, 0.1) is 23.5 Å². The molecule has 0 spiro atoms. The van der Waals surface area contributed by atoms with E-state index in [2.05, 4.69) is 16.9 Å². The molecule has 0 fully saturated rings. The lowest BCUT2D eigenvalue weighted by molar-refractivity contribution is 0.559. The molecular weight excluding hydrogens is 342 g/mol. The van der Waals surface area contributed by atoms with Gasteiger partial charge < -0.3 is 0 Å². The van der Waals surface area contributed by atoms with Crippen LogP contribution in [0.25, 0.3) is 16.7 Å². The second-order valence-electron chi connectivity index (χ2n) is 5.58. The highest BCUT2D eigenvalue weighted by Gasteiger charge is 2.21. The van der Waals surface area contributed by atoms with Crippen LogP contribution in [0.3, 0.4) is 0 Å². The maximum atomic E-state index is 14.5. The molecule has 0 saturated heterocycles. The Morgan fingerprint density at radius 1 is 1.15 bits per heavy atom. The van der Waals surface area contributed by atoms with E-state index in [0.29, 0.717) is 4.57 Å². The highest BCUT2D eigenvalue weighted by atomic mass is 19.1. The maximum Gasteiger partial charge on any atom is 0.336 e. The van der Waals surface area contributed by atoms with E-state index in [9.17, 15) is 18.4 Å². The number of allylic oxidation sites excluding steroid dienone is 2. The van der Waals surface area contributed by atoms with Crippen LogP contribution in [0.2, 0.25) is 0 Å². The van der Waals surface area contributed by atoms with Crippen LogP contribution < -0.4 is 11.2 Å². The standard InChI is InChI=1S/C18H14F2N4O2/c1-4-5-6-7-11-8-12(19)16(13(20)9-11)24-17(25)15-14(10-22(2)21-15)23(3)18(24)26/h4-5,8-10H,1-3H3. The molecule has 3 aromatic rings. The van der Waals surface area contributed by atoms with Crippen LogP contribution in [0.4, 0.5) is 8.78 Å².